The molecule has 1 fully saturated rings. The van der Waals surface area contributed by atoms with Crippen LogP contribution in [0.2, 0.25) is 0 Å². The summed E-state index contributed by atoms with van der Waals surface area (Å²) >= 11 is 3.52. The summed E-state index contributed by atoms with van der Waals surface area (Å²) in [6.45, 7) is 8.67. The van der Waals surface area contributed by atoms with Crippen molar-refractivity contribution in [2.45, 2.75) is 44.9 Å². The lowest BCUT2D eigenvalue weighted by molar-refractivity contribution is -0.00660. The molecule has 26 heavy (non-hydrogen) atoms. The number of halogens is 1. The standard InChI is InChI=1S/C19H27BrN2O4/c1-19(2,3)26-18(24)22-9-7-21(8-10-22)17-14-12-13(20)4-5-16(14)25-11-6-15(17)23/h4-5,12,15,17,23H,6-11H2,1-3H3. The largest absolute Gasteiger partial charge is 0.493 e. The van der Waals surface area contributed by atoms with Gasteiger partial charge in [-0.1, -0.05) is 15.9 Å². The molecule has 2 aliphatic rings. The van der Waals surface area contributed by atoms with E-state index in [0.29, 0.717) is 39.2 Å². The Morgan fingerprint density at radius 2 is 1.96 bits per heavy atom. The highest BCUT2D eigenvalue weighted by molar-refractivity contribution is 9.10. The summed E-state index contributed by atoms with van der Waals surface area (Å²) in [6, 6.07) is 5.79. The number of rotatable bonds is 1. The van der Waals surface area contributed by atoms with Crippen molar-refractivity contribution >= 4 is 22.0 Å². The average Bonchev–Trinajstić information content (AvgIpc) is 2.71. The lowest BCUT2D eigenvalue weighted by atomic mass is 9.97. The molecule has 2 aliphatic heterocycles. The fourth-order valence-corrected chi connectivity index (χ4v) is 3.86. The molecule has 1 amide bonds. The Hall–Kier alpha value is -1.31. The molecule has 2 unspecified atom stereocenters. The summed E-state index contributed by atoms with van der Waals surface area (Å²) in [5, 5.41) is 10.7. The van der Waals surface area contributed by atoms with E-state index in [1.165, 1.54) is 0 Å². The highest BCUT2D eigenvalue weighted by atomic mass is 79.9. The number of ether oxygens (including phenoxy) is 2. The van der Waals surface area contributed by atoms with Crippen molar-refractivity contribution in [3.8, 4) is 5.75 Å². The fourth-order valence-electron chi connectivity index (χ4n) is 3.49. The van der Waals surface area contributed by atoms with Gasteiger partial charge in [-0.05, 0) is 39.0 Å². The molecular formula is C19H27BrN2O4. The van der Waals surface area contributed by atoms with Crippen LogP contribution in [0.25, 0.3) is 0 Å². The molecule has 0 aromatic heterocycles. The maximum absolute atomic E-state index is 12.3. The molecule has 3 rings (SSSR count). The van der Waals surface area contributed by atoms with E-state index in [0.717, 1.165) is 15.8 Å². The zero-order valence-corrected chi connectivity index (χ0v) is 17.2. The average molecular weight is 427 g/mol. The van der Waals surface area contributed by atoms with Gasteiger partial charge in [0.25, 0.3) is 0 Å². The number of hydrogen-bond acceptors (Lipinski definition) is 5. The number of fused-ring (bicyclic) bond motifs is 1. The van der Waals surface area contributed by atoms with Gasteiger partial charge in [0, 0.05) is 42.6 Å². The molecule has 1 N–H and O–H groups in total. The number of carbonyl (C=O) groups excluding carboxylic acids is 1. The molecule has 1 aromatic rings. The number of amides is 1. The summed E-state index contributed by atoms with van der Waals surface area (Å²) in [6.07, 6.45) is -0.188. The Labute approximate surface area is 163 Å². The van der Waals surface area contributed by atoms with Gasteiger partial charge >= 0.3 is 6.09 Å². The van der Waals surface area contributed by atoms with E-state index >= 15 is 0 Å². The Morgan fingerprint density at radius 3 is 2.62 bits per heavy atom. The third-order valence-electron chi connectivity index (χ3n) is 4.69. The van der Waals surface area contributed by atoms with Crippen LogP contribution in [0, 0.1) is 0 Å². The van der Waals surface area contributed by atoms with Crippen LogP contribution in [0.15, 0.2) is 22.7 Å². The van der Waals surface area contributed by atoms with Crippen molar-refractivity contribution < 1.29 is 19.4 Å². The number of aliphatic hydroxyl groups excluding tert-OH is 1. The number of hydrogen-bond donors (Lipinski definition) is 1. The van der Waals surface area contributed by atoms with E-state index in [1.807, 2.05) is 39.0 Å². The molecule has 1 aromatic carbocycles. The van der Waals surface area contributed by atoms with Gasteiger partial charge in [0.2, 0.25) is 0 Å². The second-order valence-corrected chi connectivity index (χ2v) is 8.75. The smallest absolute Gasteiger partial charge is 0.410 e. The predicted octanol–water partition coefficient (Wildman–Crippen LogP) is 3.19. The fraction of sp³-hybridized carbons (Fsp3) is 0.632. The molecule has 0 bridgehead atoms. The van der Waals surface area contributed by atoms with Crippen molar-refractivity contribution in [2.75, 3.05) is 32.8 Å². The first-order valence-corrected chi connectivity index (χ1v) is 9.86. The van der Waals surface area contributed by atoms with E-state index in [-0.39, 0.29) is 12.1 Å². The minimum absolute atomic E-state index is 0.134. The molecular weight excluding hydrogens is 400 g/mol. The topological polar surface area (TPSA) is 62.2 Å². The van der Waals surface area contributed by atoms with Gasteiger partial charge in [0.15, 0.2) is 0 Å². The van der Waals surface area contributed by atoms with Crippen LogP contribution in [0.5, 0.6) is 5.75 Å². The van der Waals surface area contributed by atoms with Crippen molar-refractivity contribution in [3.05, 3.63) is 28.2 Å². The summed E-state index contributed by atoms with van der Waals surface area (Å²) in [7, 11) is 0. The van der Waals surface area contributed by atoms with Crippen molar-refractivity contribution in [1.82, 2.24) is 9.80 Å². The number of aliphatic hydroxyl groups is 1. The Bertz CT molecular complexity index is 653. The highest BCUT2D eigenvalue weighted by Gasteiger charge is 2.35. The lowest BCUT2D eigenvalue weighted by Crippen LogP contribution is -2.52. The first-order valence-electron chi connectivity index (χ1n) is 9.07. The van der Waals surface area contributed by atoms with Gasteiger partial charge in [-0.2, -0.15) is 0 Å². The van der Waals surface area contributed by atoms with E-state index in [1.54, 1.807) is 4.90 Å². The minimum Gasteiger partial charge on any atom is -0.493 e. The zero-order valence-electron chi connectivity index (χ0n) is 15.6. The summed E-state index contributed by atoms with van der Waals surface area (Å²) in [5.41, 5.74) is 0.504. The van der Waals surface area contributed by atoms with Gasteiger partial charge < -0.3 is 19.5 Å². The molecule has 0 saturated carbocycles. The molecule has 6 nitrogen and oxygen atoms in total. The van der Waals surface area contributed by atoms with Gasteiger partial charge in [0.05, 0.1) is 18.8 Å². The van der Waals surface area contributed by atoms with Crippen LogP contribution in [0.4, 0.5) is 4.79 Å². The van der Waals surface area contributed by atoms with Crippen LogP contribution in [-0.2, 0) is 4.74 Å². The van der Waals surface area contributed by atoms with E-state index < -0.39 is 11.7 Å². The minimum atomic E-state index is -0.501. The zero-order chi connectivity index (χ0) is 18.9. The first kappa shape index (κ1) is 19.5. The van der Waals surface area contributed by atoms with Crippen LogP contribution < -0.4 is 4.74 Å². The van der Waals surface area contributed by atoms with Gasteiger partial charge in [-0.15, -0.1) is 0 Å². The second-order valence-electron chi connectivity index (χ2n) is 7.83. The predicted molar refractivity (Wildman–Crippen MR) is 102 cm³/mol. The van der Waals surface area contributed by atoms with Crippen molar-refractivity contribution in [3.63, 3.8) is 0 Å². The molecule has 1 saturated heterocycles. The van der Waals surface area contributed by atoms with Crippen LogP contribution in [0.3, 0.4) is 0 Å². The number of nitrogens with zero attached hydrogens (tertiary/aromatic N) is 2. The third-order valence-corrected chi connectivity index (χ3v) is 5.18. The summed E-state index contributed by atoms with van der Waals surface area (Å²) < 4.78 is 12.2. The normalized spacial score (nSPS) is 24.4. The summed E-state index contributed by atoms with van der Waals surface area (Å²) in [5.74, 6) is 0.823. The van der Waals surface area contributed by atoms with E-state index in [9.17, 15) is 9.90 Å². The lowest BCUT2D eigenvalue weighted by Gasteiger charge is -2.41. The van der Waals surface area contributed by atoms with Crippen LogP contribution in [-0.4, -0.2) is 65.5 Å². The number of carbonyl (C=O) groups is 1. The van der Waals surface area contributed by atoms with Crippen LogP contribution in [0.1, 0.15) is 38.8 Å². The van der Waals surface area contributed by atoms with Gasteiger partial charge in [-0.3, -0.25) is 4.90 Å². The third kappa shape index (κ3) is 4.50. The van der Waals surface area contributed by atoms with Crippen molar-refractivity contribution in [2.24, 2.45) is 0 Å². The quantitative estimate of drug-likeness (QED) is 0.746. The summed E-state index contributed by atoms with van der Waals surface area (Å²) in [4.78, 5) is 16.2. The molecule has 7 heteroatoms. The Balaban J connectivity index is 1.72. The second kappa shape index (κ2) is 7.74. The van der Waals surface area contributed by atoms with Crippen molar-refractivity contribution in [1.29, 1.82) is 0 Å². The Morgan fingerprint density at radius 1 is 1.27 bits per heavy atom. The molecule has 0 aliphatic carbocycles. The van der Waals surface area contributed by atoms with Crippen LogP contribution >= 0.6 is 15.9 Å². The number of piperazine rings is 1. The molecule has 2 heterocycles. The monoisotopic (exact) mass is 426 g/mol. The van der Waals surface area contributed by atoms with Gasteiger partial charge in [-0.25, -0.2) is 4.79 Å². The SMILES string of the molecule is CC(C)(C)OC(=O)N1CCN(C2c3cc(Br)ccc3OCCC2O)CC1. The first-order chi connectivity index (χ1) is 12.2. The number of benzene rings is 1. The molecule has 144 valence electrons. The van der Waals surface area contributed by atoms with E-state index in [4.69, 9.17) is 9.47 Å². The highest BCUT2D eigenvalue weighted by Crippen LogP contribution is 2.38. The van der Waals surface area contributed by atoms with E-state index in [2.05, 4.69) is 20.8 Å². The molecule has 0 radical (unpaired) electrons. The maximum atomic E-state index is 12.3. The van der Waals surface area contributed by atoms with Gasteiger partial charge in [0.1, 0.15) is 11.4 Å². The molecule has 0 spiro atoms. The molecule has 2 atom stereocenters. The maximum Gasteiger partial charge on any atom is 0.410 e. The Kier molecular flexibility index (Phi) is 5.79.